The van der Waals surface area contributed by atoms with Gasteiger partial charge in [-0.1, -0.05) is 12.1 Å². The van der Waals surface area contributed by atoms with E-state index in [0.717, 1.165) is 18.2 Å². The second kappa shape index (κ2) is 5.12. The summed E-state index contributed by atoms with van der Waals surface area (Å²) in [7, 11) is -3.50. The molecule has 2 aromatic rings. The molecule has 2 N–H and O–H groups in total. The van der Waals surface area contributed by atoms with Crippen molar-refractivity contribution in [2.75, 3.05) is 13.1 Å². The van der Waals surface area contributed by atoms with Crippen molar-refractivity contribution in [1.82, 2.24) is 9.29 Å². The van der Waals surface area contributed by atoms with Gasteiger partial charge in [-0.2, -0.15) is 4.31 Å². The van der Waals surface area contributed by atoms with E-state index in [1.807, 2.05) is 6.07 Å². The fraction of sp³-hybridized carbons (Fsp3) is 0.357. The Kier molecular flexibility index (Phi) is 3.45. The van der Waals surface area contributed by atoms with Crippen LogP contribution in [0.5, 0.6) is 0 Å². The maximum atomic E-state index is 12.8. The van der Waals surface area contributed by atoms with Gasteiger partial charge < -0.3 is 5.73 Å². The molecule has 0 bridgehead atoms. The number of fused-ring (bicyclic) bond motifs is 1. The molecule has 0 radical (unpaired) electrons. The third kappa shape index (κ3) is 2.30. The number of nitrogens with zero attached hydrogens (tertiary/aromatic N) is 2. The number of nitrogens with two attached hydrogens (primary N) is 1. The topological polar surface area (TPSA) is 76.3 Å². The van der Waals surface area contributed by atoms with Crippen molar-refractivity contribution in [1.29, 1.82) is 0 Å². The van der Waals surface area contributed by atoms with Crippen LogP contribution in [0.25, 0.3) is 10.8 Å². The minimum Gasteiger partial charge on any atom is -0.327 e. The Morgan fingerprint density at radius 3 is 2.95 bits per heavy atom. The van der Waals surface area contributed by atoms with E-state index in [1.54, 1.807) is 30.6 Å². The molecule has 2 heterocycles. The van der Waals surface area contributed by atoms with Crippen LogP contribution in [0, 0.1) is 0 Å². The molecular formula is C14H17N3O2S. The van der Waals surface area contributed by atoms with Crippen molar-refractivity contribution in [2.24, 2.45) is 5.73 Å². The van der Waals surface area contributed by atoms with E-state index in [0.29, 0.717) is 23.4 Å². The molecule has 106 valence electrons. The third-order valence-corrected chi connectivity index (χ3v) is 5.60. The lowest BCUT2D eigenvalue weighted by Crippen LogP contribution is -2.45. The predicted octanol–water partition coefficient (Wildman–Crippen LogP) is 1.35. The Hall–Kier alpha value is -1.50. The number of benzene rings is 1. The fourth-order valence-electron chi connectivity index (χ4n) is 2.65. The minimum absolute atomic E-state index is 0.0739. The molecule has 1 aliphatic heterocycles. The normalized spacial score (nSPS) is 21.1. The number of hydrogen-bond acceptors (Lipinski definition) is 4. The molecule has 1 aromatic heterocycles. The molecule has 0 spiro atoms. The molecule has 0 unspecified atom stereocenters. The fourth-order valence-corrected chi connectivity index (χ4v) is 4.40. The van der Waals surface area contributed by atoms with Crippen molar-refractivity contribution in [2.45, 2.75) is 23.8 Å². The SMILES string of the molecule is N[C@@H]1CCCN(S(=O)(=O)c2cccc3cnccc23)C1. The summed E-state index contributed by atoms with van der Waals surface area (Å²) >= 11 is 0. The highest BCUT2D eigenvalue weighted by Gasteiger charge is 2.29. The summed E-state index contributed by atoms with van der Waals surface area (Å²) in [6.45, 7) is 0.932. The number of sulfonamides is 1. The molecule has 0 saturated carbocycles. The van der Waals surface area contributed by atoms with Crippen LogP contribution in [0.2, 0.25) is 0 Å². The third-order valence-electron chi connectivity index (χ3n) is 3.68. The molecule has 20 heavy (non-hydrogen) atoms. The molecule has 3 rings (SSSR count). The molecule has 1 aliphatic rings. The van der Waals surface area contributed by atoms with E-state index in [4.69, 9.17) is 5.73 Å². The maximum Gasteiger partial charge on any atom is 0.243 e. The average Bonchev–Trinajstić information content (AvgIpc) is 2.46. The van der Waals surface area contributed by atoms with Gasteiger partial charge in [0.05, 0.1) is 4.90 Å². The van der Waals surface area contributed by atoms with Gasteiger partial charge in [0.2, 0.25) is 10.0 Å². The first-order chi connectivity index (χ1) is 9.59. The molecule has 6 heteroatoms. The van der Waals surface area contributed by atoms with Crippen LogP contribution in [0.3, 0.4) is 0 Å². The molecule has 1 aromatic carbocycles. The lowest BCUT2D eigenvalue weighted by molar-refractivity contribution is 0.316. The molecule has 0 amide bonds. The summed E-state index contributed by atoms with van der Waals surface area (Å²) in [6.07, 6.45) is 4.98. The quantitative estimate of drug-likeness (QED) is 0.906. The minimum atomic E-state index is -3.50. The zero-order chi connectivity index (χ0) is 14.2. The van der Waals surface area contributed by atoms with Gasteiger partial charge in [0, 0.05) is 42.3 Å². The van der Waals surface area contributed by atoms with Gasteiger partial charge >= 0.3 is 0 Å². The van der Waals surface area contributed by atoms with E-state index in [-0.39, 0.29) is 6.04 Å². The molecular weight excluding hydrogens is 274 g/mol. The molecule has 1 fully saturated rings. The second-order valence-corrected chi connectivity index (χ2v) is 7.02. The Morgan fingerprint density at radius 2 is 2.15 bits per heavy atom. The van der Waals surface area contributed by atoms with Crippen LogP contribution in [0.15, 0.2) is 41.6 Å². The van der Waals surface area contributed by atoms with E-state index in [1.165, 1.54) is 4.31 Å². The number of aromatic nitrogens is 1. The van der Waals surface area contributed by atoms with Crippen LogP contribution in [0.1, 0.15) is 12.8 Å². The summed E-state index contributed by atoms with van der Waals surface area (Å²) in [5.74, 6) is 0. The van der Waals surface area contributed by atoms with Gasteiger partial charge in [0.15, 0.2) is 0 Å². The highest BCUT2D eigenvalue weighted by atomic mass is 32.2. The Labute approximate surface area is 118 Å². The van der Waals surface area contributed by atoms with E-state index < -0.39 is 10.0 Å². The van der Waals surface area contributed by atoms with Gasteiger partial charge in [-0.05, 0) is 25.0 Å². The largest absolute Gasteiger partial charge is 0.327 e. The predicted molar refractivity (Wildman–Crippen MR) is 77.7 cm³/mol. The van der Waals surface area contributed by atoms with E-state index in [9.17, 15) is 8.42 Å². The van der Waals surface area contributed by atoms with Crippen molar-refractivity contribution < 1.29 is 8.42 Å². The zero-order valence-electron chi connectivity index (χ0n) is 11.1. The van der Waals surface area contributed by atoms with Crippen molar-refractivity contribution in [3.05, 3.63) is 36.7 Å². The van der Waals surface area contributed by atoms with E-state index in [2.05, 4.69) is 4.98 Å². The first-order valence-electron chi connectivity index (χ1n) is 6.67. The molecule has 1 atom stereocenters. The van der Waals surface area contributed by atoms with Gasteiger partial charge in [-0.15, -0.1) is 0 Å². The van der Waals surface area contributed by atoms with Gasteiger partial charge in [0.25, 0.3) is 0 Å². The number of piperidine rings is 1. The summed E-state index contributed by atoms with van der Waals surface area (Å²) < 4.78 is 27.1. The van der Waals surface area contributed by atoms with Crippen LogP contribution in [0.4, 0.5) is 0 Å². The summed E-state index contributed by atoms with van der Waals surface area (Å²) in [4.78, 5) is 4.37. The van der Waals surface area contributed by atoms with Crippen molar-refractivity contribution in [3.8, 4) is 0 Å². The van der Waals surface area contributed by atoms with Gasteiger partial charge in [0.1, 0.15) is 0 Å². The monoisotopic (exact) mass is 291 g/mol. The summed E-state index contributed by atoms with van der Waals surface area (Å²) in [5.41, 5.74) is 5.90. The standard InChI is InChI=1S/C14H17N3O2S/c15-12-4-2-8-17(10-12)20(18,19)14-5-1-3-11-9-16-7-6-13(11)14/h1,3,5-7,9,12H,2,4,8,10,15H2/t12-/m1/s1. The Balaban J connectivity index is 2.09. The van der Waals surface area contributed by atoms with Crippen LogP contribution in [-0.2, 0) is 10.0 Å². The first-order valence-corrected chi connectivity index (χ1v) is 8.11. The van der Waals surface area contributed by atoms with E-state index >= 15 is 0 Å². The summed E-state index contributed by atoms with van der Waals surface area (Å²) in [5, 5.41) is 1.54. The maximum absolute atomic E-state index is 12.8. The van der Waals surface area contributed by atoms with Crippen molar-refractivity contribution >= 4 is 20.8 Å². The smallest absolute Gasteiger partial charge is 0.243 e. The lowest BCUT2D eigenvalue weighted by Gasteiger charge is -2.30. The van der Waals surface area contributed by atoms with Crippen LogP contribution in [-0.4, -0.2) is 36.8 Å². The number of rotatable bonds is 2. The van der Waals surface area contributed by atoms with Gasteiger partial charge in [-0.25, -0.2) is 8.42 Å². The number of hydrogen-bond donors (Lipinski definition) is 1. The summed E-state index contributed by atoms with van der Waals surface area (Å²) in [6, 6.07) is 6.93. The van der Waals surface area contributed by atoms with Crippen LogP contribution < -0.4 is 5.73 Å². The number of pyridine rings is 1. The highest BCUT2D eigenvalue weighted by Crippen LogP contribution is 2.26. The average molecular weight is 291 g/mol. The molecule has 0 aliphatic carbocycles. The Bertz CT molecular complexity index is 725. The molecule has 5 nitrogen and oxygen atoms in total. The van der Waals surface area contributed by atoms with Crippen molar-refractivity contribution in [3.63, 3.8) is 0 Å². The zero-order valence-corrected chi connectivity index (χ0v) is 11.9. The Morgan fingerprint density at radius 1 is 1.30 bits per heavy atom. The molecule has 1 saturated heterocycles. The lowest BCUT2D eigenvalue weighted by atomic mass is 10.1. The highest BCUT2D eigenvalue weighted by molar-refractivity contribution is 7.89. The second-order valence-electron chi connectivity index (χ2n) is 5.12. The first kappa shape index (κ1) is 13.5. The van der Waals surface area contributed by atoms with Gasteiger partial charge in [-0.3, -0.25) is 4.98 Å². The van der Waals surface area contributed by atoms with Crippen LogP contribution >= 0.6 is 0 Å².